The normalized spacial score (nSPS) is 19.7. The molecule has 0 spiro atoms. The molecule has 98 valence electrons. The number of halogens is 9. The van der Waals surface area contributed by atoms with E-state index in [1.165, 1.54) is 0 Å². The number of alkyl halides is 9. The summed E-state index contributed by atoms with van der Waals surface area (Å²) in [5.74, 6) is -6.01. The zero-order valence-electron chi connectivity index (χ0n) is 7.16. The van der Waals surface area contributed by atoms with Gasteiger partial charge in [0.15, 0.2) is 12.3 Å². The largest absolute Gasteiger partial charge is 0.420 e. The van der Waals surface area contributed by atoms with E-state index in [1.54, 1.807) is 0 Å². The molecule has 0 rings (SSSR count). The molecule has 0 aliphatic heterocycles. The minimum absolute atomic E-state index is 4.00. The van der Waals surface area contributed by atoms with Crippen molar-refractivity contribution in [2.45, 2.75) is 37.0 Å². The maximum Gasteiger partial charge on any atom is 0.420 e. The maximum absolute atomic E-state index is 12.3. The van der Waals surface area contributed by atoms with Crippen LogP contribution in [0.4, 0.5) is 39.5 Å². The molecule has 1 N–H and O–H groups in total. The molecule has 0 aromatic carbocycles. The molecule has 3 unspecified atom stereocenters. The molecule has 0 saturated carbocycles. The molecule has 10 heteroatoms. The average molecular weight is 264 g/mol. The molecule has 0 aliphatic rings. The van der Waals surface area contributed by atoms with E-state index in [1.807, 2.05) is 0 Å². The van der Waals surface area contributed by atoms with Crippen molar-refractivity contribution in [1.82, 2.24) is 0 Å². The van der Waals surface area contributed by atoms with Crippen molar-refractivity contribution in [1.29, 1.82) is 0 Å². The summed E-state index contributed by atoms with van der Waals surface area (Å²) < 4.78 is 107. The lowest BCUT2D eigenvalue weighted by Crippen LogP contribution is -2.53. The van der Waals surface area contributed by atoms with E-state index in [2.05, 4.69) is 0 Å². The van der Waals surface area contributed by atoms with Gasteiger partial charge in [-0.3, -0.25) is 0 Å². The van der Waals surface area contributed by atoms with Gasteiger partial charge in [0.25, 0.3) is 6.43 Å². The highest BCUT2D eigenvalue weighted by molar-refractivity contribution is 4.92. The molecule has 0 aromatic rings. The molecule has 0 aliphatic carbocycles. The highest BCUT2D eigenvalue weighted by Crippen LogP contribution is 2.39. The fourth-order valence-corrected chi connectivity index (χ4v) is 0.666. The summed E-state index contributed by atoms with van der Waals surface area (Å²) in [6, 6.07) is 0. The predicted molar refractivity (Wildman–Crippen MR) is 32.8 cm³/mol. The summed E-state index contributed by atoms with van der Waals surface area (Å²) >= 11 is 0. The van der Waals surface area contributed by atoms with Crippen LogP contribution in [0.3, 0.4) is 0 Å². The van der Waals surface area contributed by atoms with Gasteiger partial charge < -0.3 is 5.11 Å². The average Bonchev–Trinajstić information content (AvgIpc) is 2.12. The second-order valence-corrected chi connectivity index (χ2v) is 2.79. The lowest BCUT2D eigenvalue weighted by atomic mass is 10.1. The topological polar surface area (TPSA) is 20.2 Å². The highest BCUT2D eigenvalue weighted by atomic mass is 19.3. The lowest BCUT2D eigenvalue weighted by molar-refractivity contribution is -0.348. The second kappa shape index (κ2) is 4.68. The van der Waals surface area contributed by atoms with E-state index in [9.17, 15) is 39.5 Å². The van der Waals surface area contributed by atoms with Gasteiger partial charge in [-0.15, -0.1) is 0 Å². The maximum atomic E-state index is 12.3. The van der Waals surface area contributed by atoms with Crippen molar-refractivity contribution in [3.05, 3.63) is 0 Å². The van der Waals surface area contributed by atoms with Crippen LogP contribution in [-0.2, 0) is 0 Å². The smallest absolute Gasteiger partial charge is 0.331 e. The zero-order chi connectivity index (χ0) is 13.3. The van der Waals surface area contributed by atoms with Gasteiger partial charge in [0.2, 0.25) is 6.17 Å². The molecular formula is C6H5F9O. The SMILES string of the molecule is OC(F)(F)C(F)(F)C(F)C(F)C(F)C(F)F. The minimum atomic E-state index is -6.01. The number of hydrogen-bond donors (Lipinski definition) is 1. The summed E-state index contributed by atoms with van der Waals surface area (Å²) in [6.45, 7) is 0. The van der Waals surface area contributed by atoms with E-state index in [4.69, 9.17) is 5.11 Å². The second-order valence-electron chi connectivity index (χ2n) is 2.79. The summed E-state index contributed by atoms with van der Waals surface area (Å²) in [6.07, 6.45) is -22.9. The first-order valence-corrected chi connectivity index (χ1v) is 3.61. The number of hydrogen-bond acceptors (Lipinski definition) is 1. The summed E-state index contributed by atoms with van der Waals surface area (Å²) in [5.41, 5.74) is 0. The van der Waals surface area contributed by atoms with Gasteiger partial charge in [0, 0.05) is 0 Å². The van der Waals surface area contributed by atoms with Gasteiger partial charge in [0.1, 0.15) is 0 Å². The quantitative estimate of drug-likeness (QED) is 0.756. The minimum Gasteiger partial charge on any atom is -0.331 e. The molecule has 0 amide bonds. The monoisotopic (exact) mass is 264 g/mol. The molecule has 0 saturated heterocycles. The van der Waals surface area contributed by atoms with Crippen molar-refractivity contribution >= 4 is 0 Å². The fourth-order valence-electron chi connectivity index (χ4n) is 0.666. The van der Waals surface area contributed by atoms with Gasteiger partial charge in [-0.1, -0.05) is 0 Å². The molecule has 16 heavy (non-hydrogen) atoms. The van der Waals surface area contributed by atoms with Crippen LogP contribution in [0.1, 0.15) is 0 Å². The first kappa shape index (κ1) is 15.3. The Morgan fingerprint density at radius 1 is 0.750 bits per heavy atom. The summed E-state index contributed by atoms with van der Waals surface area (Å²) in [7, 11) is 0. The van der Waals surface area contributed by atoms with Crippen molar-refractivity contribution < 1.29 is 44.6 Å². The van der Waals surface area contributed by atoms with E-state index < -0.39 is 37.0 Å². The zero-order valence-corrected chi connectivity index (χ0v) is 7.16. The van der Waals surface area contributed by atoms with E-state index in [0.29, 0.717) is 0 Å². The Kier molecular flexibility index (Phi) is 4.48. The Labute approximate surface area is 82.8 Å². The third-order valence-electron chi connectivity index (χ3n) is 1.57. The van der Waals surface area contributed by atoms with E-state index in [0.717, 1.165) is 0 Å². The van der Waals surface area contributed by atoms with Crippen molar-refractivity contribution in [3.8, 4) is 0 Å². The molecule has 0 aromatic heterocycles. The third-order valence-corrected chi connectivity index (χ3v) is 1.57. The Bertz CT molecular complexity index is 225. The van der Waals surface area contributed by atoms with Crippen LogP contribution in [0, 0.1) is 0 Å². The first-order chi connectivity index (χ1) is 6.93. The lowest BCUT2D eigenvalue weighted by Gasteiger charge is -2.27. The molecule has 0 fully saturated rings. The van der Waals surface area contributed by atoms with Gasteiger partial charge in [-0.25, -0.2) is 22.0 Å². The van der Waals surface area contributed by atoms with Crippen molar-refractivity contribution in [3.63, 3.8) is 0 Å². The fraction of sp³-hybridized carbons (Fsp3) is 1.00. The first-order valence-electron chi connectivity index (χ1n) is 3.61. The Morgan fingerprint density at radius 3 is 1.38 bits per heavy atom. The Hall–Kier alpha value is -0.670. The molecule has 0 heterocycles. The van der Waals surface area contributed by atoms with E-state index in [-0.39, 0.29) is 0 Å². The summed E-state index contributed by atoms with van der Waals surface area (Å²) in [5, 5.41) is 7.49. The van der Waals surface area contributed by atoms with Crippen LogP contribution >= 0.6 is 0 Å². The van der Waals surface area contributed by atoms with Crippen LogP contribution in [0.25, 0.3) is 0 Å². The molecule has 0 bridgehead atoms. The molecule has 3 atom stereocenters. The van der Waals surface area contributed by atoms with Crippen LogP contribution in [0.5, 0.6) is 0 Å². The standard InChI is InChI=1S/C6H5F9O/c7-1(2(8)4(10)11)3(9)5(12,13)6(14,15)16/h1-4,16H. The Morgan fingerprint density at radius 2 is 1.12 bits per heavy atom. The third kappa shape index (κ3) is 2.92. The van der Waals surface area contributed by atoms with Crippen molar-refractivity contribution in [2.24, 2.45) is 0 Å². The van der Waals surface area contributed by atoms with Crippen LogP contribution < -0.4 is 0 Å². The summed E-state index contributed by atoms with van der Waals surface area (Å²) in [4.78, 5) is 0. The van der Waals surface area contributed by atoms with Crippen LogP contribution in [0.2, 0.25) is 0 Å². The molecule has 0 radical (unpaired) electrons. The van der Waals surface area contributed by atoms with Crippen LogP contribution in [0.15, 0.2) is 0 Å². The van der Waals surface area contributed by atoms with E-state index >= 15 is 0 Å². The highest BCUT2D eigenvalue weighted by Gasteiger charge is 2.65. The van der Waals surface area contributed by atoms with Gasteiger partial charge >= 0.3 is 12.0 Å². The van der Waals surface area contributed by atoms with Crippen molar-refractivity contribution in [2.75, 3.05) is 0 Å². The van der Waals surface area contributed by atoms with Gasteiger partial charge in [-0.2, -0.15) is 17.6 Å². The van der Waals surface area contributed by atoms with Gasteiger partial charge in [-0.05, 0) is 0 Å². The number of aliphatic hydroxyl groups is 1. The number of rotatable bonds is 5. The van der Waals surface area contributed by atoms with Crippen LogP contribution in [-0.4, -0.2) is 42.1 Å². The van der Waals surface area contributed by atoms with Gasteiger partial charge in [0.05, 0.1) is 0 Å². The molecular weight excluding hydrogens is 259 g/mol. The predicted octanol–water partition coefficient (Wildman–Crippen LogP) is 2.49. The molecule has 1 nitrogen and oxygen atoms in total. The Balaban J connectivity index is 4.86.